The van der Waals surface area contributed by atoms with E-state index in [9.17, 15) is 9.59 Å². The highest BCUT2D eigenvalue weighted by Gasteiger charge is 2.35. The zero-order valence-electron chi connectivity index (χ0n) is 9.73. The molecule has 1 aliphatic heterocycles. The molecule has 0 aromatic carbocycles. The lowest BCUT2D eigenvalue weighted by atomic mass is 10.0. The van der Waals surface area contributed by atoms with Crippen LogP contribution in [0.5, 0.6) is 0 Å². The number of hydrogen-bond donors (Lipinski definition) is 2. The molecule has 16 heavy (non-hydrogen) atoms. The molecule has 0 saturated carbocycles. The third-order valence-corrected chi connectivity index (χ3v) is 2.89. The molecule has 0 aliphatic carbocycles. The van der Waals surface area contributed by atoms with E-state index in [-0.39, 0.29) is 24.5 Å². The van der Waals surface area contributed by atoms with E-state index >= 15 is 0 Å². The SMILES string of the molecule is CCCC(C)C(=O)NC1COCC1C(=O)O. The van der Waals surface area contributed by atoms with Gasteiger partial charge in [0.1, 0.15) is 5.92 Å². The van der Waals surface area contributed by atoms with E-state index in [2.05, 4.69) is 5.32 Å². The van der Waals surface area contributed by atoms with Gasteiger partial charge in [0, 0.05) is 5.92 Å². The summed E-state index contributed by atoms with van der Waals surface area (Å²) in [4.78, 5) is 22.6. The van der Waals surface area contributed by atoms with Gasteiger partial charge in [0.25, 0.3) is 0 Å². The minimum atomic E-state index is -0.911. The molecule has 0 spiro atoms. The van der Waals surface area contributed by atoms with Crippen molar-refractivity contribution < 1.29 is 19.4 Å². The van der Waals surface area contributed by atoms with Gasteiger partial charge in [-0.1, -0.05) is 20.3 Å². The van der Waals surface area contributed by atoms with Crippen LogP contribution in [-0.4, -0.2) is 36.2 Å². The molecule has 3 atom stereocenters. The first-order valence-corrected chi connectivity index (χ1v) is 5.67. The zero-order valence-corrected chi connectivity index (χ0v) is 9.73. The summed E-state index contributed by atoms with van der Waals surface area (Å²) >= 11 is 0. The standard InChI is InChI=1S/C11H19NO4/c1-3-4-7(2)10(13)12-9-6-16-5-8(9)11(14)15/h7-9H,3-6H2,1-2H3,(H,12,13)(H,14,15). The van der Waals surface area contributed by atoms with Crippen LogP contribution < -0.4 is 5.32 Å². The first-order chi connectivity index (χ1) is 7.56. The average Bonchev–Trinajstić information content (AvgIpc) is 2.66. The Morgan fingerprint density at radius 2 is 2.19 bits per heavy atom. The summed E-state index contributed by atoms with van der Waals surface area (Å²) in [7, 11) is 0. The van der Waals surface area contributed by atoms with E-state index in [1.165, 1.54) is 0 Å². The number of hydrogen-bond acceptors (Lipinski definition) is 3. The third-order valence-electron chi connectivity index (χ3n) is 2.89. The number of ether oxygens (including phenoxy) is 1. The van der Waals surface area contributed by atoms with Crippen LogP contribution in [0, 0.1) is 11.8 Å². The zero-order chi connectivity index (χ0) is 12.1. The molecule has 0 radical (unpaired) electrons. The van der Waals surface area contributed by atoms with Crippen molar-refractivity contribution in [3.05, 3.63) is 0 Å². The topological polar surface area (TPSA) is 75.6 Å². The number of carbonyl (C=O) groups is 2. The maximum absolute atomic E-state index is 11.7. The van der Waals surface area contributed by atoms with Gasteiger partial charge in [-0.25, -0.2) is 0 Å². The molecular formula is C11H19NO4. The maximum atomic E-state index is 11.7. The number of amides is 1. The van der Waals surface area contributed by atoms with Gasteiger partial charge in [-0.05, 0) is 6.42 Å². The molecule has 0 aromatic rings. The first kappa shape index (κ1) is 13.0. The van der Waals surface area contributed by atoms with E-state index in [4.69, 9.17) is 9.84 Å². The molecule has 1 rings (SSSR count). The van der Waals surface area contributed by atoms with Crippen molar-refractivity contribution in [1.29, 1.82) is 0 Å². The minimum Gasteiger partial charge on any atom is -0.481 e. The average molecular weight is 229 g/mol. The molecule has 1 aliphatic rings. The number of carboxylic acid groups (broad SMARTS) is 1. The van der Waals surface area contributed by atoms with Crippen LogP contribution >= 0.6 is 0 Å². The summed E-state index contributed by atoms with van der Waals surface area (Å²) < 4.78 is 5.08. The predicted octanol–water partition coefficient (Wildman–Crippen LogP) is 0.638. The molecule has 5 nitrogen and oxygen atoms in total. The highest BCUT2D eigenvalue weighted by atomic mass is 16.5. The Labute approximate surface area is 95.2 Å². The first-order valence-electron chi connectivity index (χ1n) is 5.67. The van der Waals surface area contributed by atoms with Gasteiger partial charge in [0.15, 0.2) is 0 Å². The van der Waals surface area contributed by atoms with Crippen molar-refractivity contribution in [2.75, 3.05) is 13.2 Å². The van der Waals surface area contributed by atoms with Crippen molar-refractivity contribution in [3.63, 3.8) is 0 Å². The van der Waals surface area contributed by atoms with E-state index in [1.807, 2.05) is 13.8 Å². The highest BCUT2D eigenvalue weighted by Crippen LogP contribution is 2.15. The Kier molecular flexibility index (Phi) is 4.73. The van der Waals surface area contributed by atoms with Crippen LogP contribution in [-0.2, 0) is 14.3 Å². The Morgan fingerprint density at radius 1 is 1.50 bits per heavy atom. The van der Waals surface area contributed by atoms with Gasteiger partial charge in [-0.2, -0.15) is 0 Å². The lowest BCUT2D eigenvalue weighted by Gasteiger charge is -2.18. The number of rotatable bonds is 5. The van der Waals surface area contributed by atoms with Crippen LogP contribution in [0.15, 0.2) is 0 Å². The van der Waals surface area contributed by atoms with Crippen molar-refractivity contribution in [1.82, 2.24) is 5.32 Å². The quantitative estimate of drug-likeness (QED) is 0.725. The lowest BCUT2D eigenvalue weighted by molar-refractivity contribution is -0.142. The number of carbonyl (C=O) groups excluding carboxylic acids is 1. The number of nitrogens with one attached hydrogen (secondary N) is 1. The van der Waals surface area contributed by atoms with Crippen molar-refractivity contribution in [2.24, 2.45) is 11.8 Å². The molecule has 5 heteroatoms. The van der Waals surface area contributed by atoms with Gasteiger partial charge in [-0.15, -0.1) is 0 Å². The number of carboxylic acids is 1. The fourth-order valence-corrected chi connectivity index (χ4v) is 1.83. The Morgan fingerprint density at radius 3 is 2.75 bits per heavy atom. The molecule has 0 aromatic heterocycles. The summed E-state index contributed by atoms with van der Waals surface area (Å²) in [6.07, 6.45) is 1.76. The second kappa shape index (κ2) is 5.84. The lowest BCUT2D eigenvalue weighted by Crippen LogP contribution is -2.44. The van der Waals surface area contributed by atoms with Gasteiger partial charge < -0.3 is 15.2 Å². The van der Waals surface area contributed by atoms with Gasteiger partial charge in [-0.3, -0.25) is 9.59 Å². The van der Waals surface area contributed by atoms with Gasteiger partial charge in [0.2, 0.25) is 5.91 Å². The largest absolute Gasteiger partial charge is 0.481 e. The van der Waals surface area contributed by atoms with Crippen LogP contribution in [0.3, 0.4) is 0 Å². The Bertz CT molecular complexity index is 267. The molecule has 92 valence electrons. The molecular weight excluding hydrogens is 210 g/mol. The molecule has 0 bridgehead atoms. The molecule has 3 unspecified atom stereocenters. The fraction of sp³-hybridized carbons (Fsp3) is 0.818. The van der Waals surface area contributed by atoms with Gasteiger partial charge in [0.05, 0.1) is 19.3 Å². The normalized spacial score (nSPS) is 26.4. The second-order valence-corrected chi connectivity index (χ2v) is 4.29. The van der Waals surface area contributed by atoms with E-state index in [0.29, 0.717) is 6.61 Å². The van der Waals surface area contributed by atoms with Crippen LogP contribution in [0.4, 0.5) is 0 Å². The monoisotopic (exact) mass is 229 g/mol. The summed E-state index contributed by atoms with van der Waals surface area (Å²) in [5.41, 5.74) is 0. The van der Waals surface area contributed by atoms with Crippen LogP contribution in [0.25, 0.3) is 0 Å². The van der Waals surface area contributed by atoms with E-state index in [0.717, 1.165) is 12.8 Å². The smallest absolute Gasteiger partial charge is 0.311 e. The van der Waals surface area contributed by atoms with Crippen molar-refractivity contribution >= 4 is 11.9 Å². The van der Waals surface area contributed by atoms with E-state index in [1.54, 1.807) is 0 Å². The fourth-order valence-electron chi connectivity index (χ4n) is 1.83. The molecule has 1 fully saturated rings. The predicted molar refractivity (Wildman–Crippen MR) is 57.9 cm³/mol. The second-order valence-electron chi connectivity index (χ2n) is 4.29. The van der Waals surface area contributed by atoms with Crippen LogP contribution in [0.2, 0.25) is 0 Å². The third kappa shape index (κ3) is 3.20. The molecule has 2 N–H and O–H groups in total. The molecule has 1 saturated heterocycles. The molecule has 1 amide bonds. The van der Waals surface area contributed by atoms with Gasteiger partial charge >= 0.3 is 5.97 Å². The number of aliphatic carboxylic acids is 1. The highest BCUT2D eigenvalue weighted by molar-refractivity contribution is 5.80. The summed E-state index contributed by atoms with van der Waals surface area (Å²) in [5, 5.41) is 11.7. The summed E-state index contributed by atoms with van der Waals surface area (Å²) in [6.45, 7) is 4.34. The minimum absolute atomic E-state index is 0.0694. The Balaban J connectivity index is 2.47. The maximum Gasteiger partial charge on any atom is 0.311 e. The van der Waals surface area contributed by atoms with Crippen molar-refractivity contribution in [2.45, 2.75) is 32.7 Å². The Hall–Kier alpha value is -1.10. The van der Waals surface area contributed by atoms with Crippen LogP contribution in [0.1, 0.15) is 26.7 Å². The van der Waals surface area contributed by atoms with E-state index < -0.39 is 11.9 Å². The summed E-state index contributed by atoms with van der Waals surface area (Å²) in [5.74, 6) is -1.67. The molecule has 1 heterocycles. The van der Waals surface area contributed by atoms with Crippen molar-refractivity contribution in [3.8, 4) is 0 Å². The summed E-state index contributed by atoms with van der Waals surface area (Å²) in [6, 6.07) is -0.385.